The lowest BCUT2D eigenvalue weighted by atomic mass is 9.82. The van der Waals surface area contributed by atoms with Gasteiger partial charge in [0.05, 0.1) is 17.1 Å². The lowest BCUT2D eigenvalue weighted by Crippen LogP contribution is -2.39. The zero-order chi connectivity index (χ0) is 23.8. The van der Waals surface area contributed by atoms with Gasteiger partial charge in [0.1, 0.15) is 5.03 Å². The molecule has 7 heteroatoms. The Morgan fingerprint density at radius 3 is 2.68 bits per heavy atom. The number of carbonyl (C=O) groups is 1. The highest BCUT2D eigenvalue weighted by atomic mass is 32.2. The van der Waals surface area contributed by atoms with Gasteiger partial charge in [0.2, 0.25) is 0 Å². The summed E-state index contributed by atoms with van der Waals surface area (Å²) in [5.74, 6) is 0. The highest BCUT2D eigenvalue weighted by Crippen LogP contribution is 2.46. The summed E-state index contributed by atoms with van der Waals surface area (Å²) in [4.78, 5) is 18.4. The van der Waals surface area contributed by atoms with E-state index >= 15 is 0 Å². The van der Waals surface area contributed by atoms with E-state index in [0.717, 1.165) is 34.8 Å². The second-order valence-electron chi connectivity index (χ2n) is 8.79. The van der Waals surface area contributed by atoms with E-state index in [1.165, 1.54) is 22.1 Å². The van der Waals surface area contributed by atoms with Crippen LogP contribution >= 0.6 is 11.8 Å². The smallest absolute Gasteiger partial charge is 0.324 e. The molecule has 1 N–H and O–H groups in total. The van der Waals surface area contributed by atoms with Crippen molar-refractivity contribution in [2.24, 2.45) is 0 Å². The predicted molar refractivity (Wildman–Crippen MR) is 138 cm³/mol. The zero-order valence-electron chi connectivity index (χ0n) is 19.8. The van der Waals surface area contributed by atoms with E-state index in [1.54, 1.807) is 16.7 Å². The number of hydrogen-bond donors (Lipinski definition) is 1. The van der Waals surface area contributed by atoms with Crippen LogP contribution in [0.4, 0.5) is 4.79 Å². The van der Waals surface area contributed by atoms with Crippen LogP contribution < -0.4 is 5.43 Å². The molecule has 0 spiro atoms. The minimum Gasteiger partial charge on any atom is -0.324 e. The van der Waals surface area contributed by atoms with E-state index in [9.17, 15) is 10.1 Å². The van der Waals surface area contributed by atoms with Crippen molar-refractivity contribution in [2.75, 3.05) is 32.1 Å². The maximum Gasteiger partial charge on any atom is 0.336 e. The van der Waals surface area contributed by atoms with Crippen LogP contribution in [0.5, 0.6) is 0 Å². The van der Waals surface area contributed by atoms with Gasteiger partial charge < -0.3 is 4.90 Å². The maximum absolute atomic E-state index is 13.1. The molecule has 0 saturated heterocycles. The minimum atomic E-state index is -0.103. The van der Waals surface area contributed by atoms with E-state index in [-0.39, 0.29) is 6.03 Å². The fourth-order valence-corrected chi connectivity index (χ4v) is 6.17. The molecule has 1 aromatic heterocycles. The molecular formula is C27H29N5OS. The van der Waals surface area contributed by atoms with Crippen molar-refractivity contribution in [3.8, 4) is 6.07 Å². The maximum atomic E-state index is 13.1. The Balaban J connectivity index is 1.68. The fraction of sp³-hybridized carbons (Fsp3) is 0.333. The third-order valence-electron chi connectivity index (χ3n) is 6.95. The van der Waals surface area contributed by atoms with E-state index < -0.39 is 0 Å². The van der Waals surface area contributed by atoms with Gasteiger partial charge in [-0.15, -0.1) is 0 Å². The summed E-state index contributed by atoms with van der Waals surface area (Å²) in [6, 6.07) is 16.5. The van der Waals surface area contributed by atoms with E-state index in [1.807, 2.05) is 42.8 Å². The molecule has 0 saturated carbocycles. The van der Waals surface area contributed by atoms with Gasteiger partial charge in [0, 0.05) is 36.0 Å². The molecule has 34 heavy (non-hydrogen) atoms. The van der Waals surface area contributed by atoms with Crippen LogP contribution in [0.25, 0.3) is 16.5 Å². The van der Waals surface area contributed by atoms with Crippen LogP contribution in [0.2, 0.25) is 0 Å². The Morgan fingerprint density at radius 2 is 1.97 bits per heavy atom. The number of amides is 2. The molecule has 0 fully saturated rings. The molecule has 2 heterocycles. The summed E-state index contributed by atoms with van der Waals surface area (Å²) >= 11 is 1.64. The van der Waals surface area contributed by atoms with Gasteiger partial charge in [-0.1, -0.05) is 30.0 Å². The fourth-order valence-electron chi connectivity index (χ4n) is 5.13. The molecule has 1 aliphatic carbocycles. The number of carbonyl (C=O) groups excluding carboxylic acids is 1. The first-order valence-electron chi connectivity index (χ1n) is 11.9. The normalized spacial score (nSPS) is 17.1. The van der Waals surface area contributed by atoms with Gasteiger partial charge in [0.15, 0.2) is 0 Å². The lowest BCUT2D eigenvalue weighted by Gasteiger charge is -2.37. The molecule has 6 nitrogen and oxygen atoms in total. The van der Waals surface area contributed by atoms with Crippen molar-refractivity contribution in [3.63, 3.8) is 0 Å². The summed E-state index contributed by atoms with van der Waals surface area (Å²) in [7, 11) is 2.20. The molecule has 1 aliphatic heterocycles. The SMILES string of the molecule is CCN(CC)C(=O)Nn1c(Sc2ccc(C#N)cc2)c2c3c(cccc31)C1=CCCN(C)[C@@H]1C2. The van der Waals surface area contributed by atoms with Crippen LogP contribution in [0.1, 0.15) is 37.0 Å². The molecule has 0 unspecified atom stereocenters. The number of nitrogens with zero attached hydrogens (tertiary/aromatic N) is 4. The Bertz CT molecular complexity index is 1310. The first-order valence-corrected chi connectivity index (χ1v) is 12.7. The quantitative estimate of drug-likeness (QED) is 0.548. The van der Waals surface area contributed by atoms with Gasteiger partial charge in [-0.2, -0.15) is 5.26 Å². The second kappa shape index (κ2) is 9.21. The monoisotopic (exact) mass is 471 g/mol. The van der Waals surface area contributed by atoms with E-state index in [0.29, 0.717) is 24.7 Å². The summed E-state index contributed by atoms with van der Waals surface area (Å²) in [6.45, 7) is 6.34. The highest BCUT2D eigenvalue weighted by molar-refractivity contribution is 7.99. The molecule has 2 aliphatic rings. The van der Waals surface area contributed by atoms with Crippen LogP contribution in [0.15, 0.2) is 58.5 Å². The number of hydrogen-bond acceptors (Lipinski definition) is 4. The molecule has 2 amide bonds. The molecule has 2 aromatic carbocycles. The first kappa shape index (κ1) is 22.6. The molecule has 174 valence electrons. The number of fused-ring (bicyclic) bond motifs is 2. The first-order chi connectivity index (χ1) is 16.5. The predicted octanol–water partition coefficient (Wildman–Crippen LogP) is 5.31. The van der Waals surface area contributed by atoms with Crippen molar-refractivity contribution in [3.05, 3.63) is 65.2 Å². The topological polar surface area (TPSA) is 64.3 Å². The van der Waals surface area contributed by atoms with Crippen molar-refractivity contribution in [1.29, 1.82) is 5.26 Å². The standard InChI is InChI=1S/C27H29N5OS/c1-4-31(5-2)27(33)29-32-23-10-6-8-21-20-9-7-15-30(3)24(20)16-22(25(21)23)26(32)34-19-13-11-18(17-28)12-14-19/h6,8-14,24H,4-5,7,15-16H2,1-3H3,(H,29,33)/t24-/m1/s1. The largest absolute Gasteiger partial charge is 0.336 e. The van der Waals surface area contributed by atoms with Crippen LogP contribution in [0, 0.1) is 11.3 Å². The van der Waals surface area contributed by atoms with E-state index in [4.69, 9.17) is 0 Å². The van der Waals surface area contributed by atoms with Gasteiger partial charge >= 0.3 is 6.03 Å². The van der Waals surface area contributed by atoms with E-state index in [2.05, 4.69) is 47.7 Å². The van der Waals surface area contributed by atoms with Gasteiger partial charge in [-0.3, -0.25) is 4.90 Å². The Kier molecular flexibility index (Phi) is 6.11. The summed E-state index contributed by atoms with van der Waals surface area (Å²) in [6.07, 6.45) is 4.35. The Morgan fingerprint density at radius 1 is 1.21 bits per heavy atom. The Hall–Kier alpha value is -3.21. The summed E-state index contributed by atoms with van der Waals surface area (Å²) in [5, 5.41) is 11.5. The lowest BCUT2D eigenvalue weighted by molar-refractivity contribution is 0.214. The third kappa shape index (κ3) is 3.77. The van der Waals surface area contributed by atoms with Crippen LogP contribution in [-0.4, -0.2) is 53.2 Å². The Labute approximate surface area is 204 Å². The molecule has 5 rings (SSSR count). The number of urea groups is 1. The highest BCUT2D eigenvalue weighted by Gasteiger charge is 2.34. The van der Waals surface area contributed by atoms with Crippen LogP contribution in [0.3, 0.4) is 0 Å². The number of nitriles is 1. The van der Waals surface area contributed by atoms with Gasteiger partial charge in [-0.25, -0.2) is 14.9 Å². The number of benzene rings is 2. The van der Waals surface area contributed by atoms with Crippen molar-refractivity contribution >= 4 is 34.3 Å². The van der Waals surface area contributed by atoms with Crippen molar-refractivity contribution in [1.82, 2.24) is 14.5 Å². The molecular weight excluding hydrogens is 442 g/mol. The zero-order valence-corrected chi connectivity index (χ0v) is 20.7. The molecule has 0 radical (unpaired) electrons. The second-order valence-corrected chi connectivity index (χ2v) is 9.86. The molecule has 3 aromatic rings. The average molecular weight is 472 g/mol. The number of aromatic nitrogens is 1. The van der Waals surface area contributed by atoms with Crippen molar-refractivity contribution < 1.29 is 4.79 Å². The van der Waals surface area contributed by atoms with Gasteiger partial charge in [-0.05, 0) is 80.8 Å². The number of likely N-dealkylation sites (N-methyl/N-ethyl adjacent to an activating group) is 1. The summed E-state index contributed by atoms with van der Waals surface area (Å²) < 4.78 is 1.98. The average Bonchev–Trinajstić information content (AvgIpc) is 3.14. The molecule has 1 atom stereocenters. The van der Waals surface area contributed by atoms with Gasteiger partial charge in [0.25, 0.3) is 0 Å². The van der Waals surface area contributed by atoms with Crippen molar-refractivity contribution in [2.45, 2.75) is 42.7 Å². The minimum absolute atomic E-state index is 0.103. The van der Waals surface area contributed by atoms with Crippen LogP contribution in [-0.2, 0) is 6.42 Å². The molecule has 0 bridgehead atoms. The number of nitrogens with one attached hydrogen (secondary N) is 1. The summed E-state index contributed by atoms with van der Waals surface area (Å²) in [5.41, 5.74) is 8.81. The third-order valence-corrected chi connectivity index (χ3v) is 8.08. The number of rotatable bonds is 5.